The van der Waals surface area contributed by atoms with E-state index >= 15 is 0 Å². The lowest BCUT2D eigenvalue weighted by Crippen LogP contribution is -2.73. The summed E-state index contributed by atoms with van der Waals surface area (Å²) in [5, 5.41) is 5.74. The average molecular weight is 956 g/mol. The highest BCUT2D eigenvalue weighted by atomic mass is 28.3. The highest BCUT2D eigenvalue weighted by Crippen LogP contribution is 2.49. The molecule has 0 saturated heterocycles. The molecule has 352 valence electrons. The lowest BCUT2D eigenvalue weighted by atomic mass is 9.33. The van der Waals surface area contributed by atoms with E-state index < -0.39 is 8.07 Å². The first kappa shape index (κ1) is 44.8. The first-order valence-corrected chi connectivity index (χ1v) is 27.9. The van der Waals surface area contributed by atoms with E-state index in [-0.39, 0.29) is 12.1 Å². The summed E-state index contributed by atoms with van der Waals surface area (Å²) in [5.41, 5.74) is 23.4. The highest BCUT2D eigenvalue weighted by Gasteiger charge is 2.52. The third kappa shape index (κ3) is 7.00. The molecule has 3 aliphatic heterocycles. The fourth-order valence-electron chi connectivity index (χ4n) is 12.5. The lowest BCUT2D eigenvalue weighted by molar-refractivity contribution is 0.590. The summed E-state index contributed by atoms with van der Waals surface area (Å²) in [4.78, 5) is 7.62. The molecule has 3 aliphatic rings. The molecule has 0 unspecified atom stereocenters. The van der Waals surface area contributed by atoms with E-state index in [1.54, 1.807) is 0 Å². The van der Waals surface area contributed by atoms with Crippen LogP contribution in [0, 0.1) is 27.7 Å². The van der Waals surface area contributed by atoms with Crippen LogP contribution in [0.25, 0.3) is 11.1 Å². The number of fused-ring (bicyclic) bond motifs is 7. The Balaban J connectivity index is 1.17. The molecule has 0 saturated carbocycles. The molecule has 5 heteroatoms. The van der Waals surface area contributed by atoms with Gasteiger partial charge in [0.15, 0.2) is 8.07 Å². The third-order valence-corrected chi connectivity index (χ3v) is 20.8. The van der Waals surface area contributed by atoms with Gasteiger partial charge in [-0.3, -0.25) is 0 Å². The molecule has 73 heavy (non-hydrogen) atoms. The molecular weight excluding hydrogens is 898 g/mol. The maximum Gasteiger partial charge on any atom is 0.252 e. The van der Waals surface area contributed by atoms with E-state index in [9.17, 15) is 0 Å². The van der Waals surface area contributed by atoms with E-state index in [2.05, 4.69) is 288 Å². The number of hydrogen-bond donors (Lipinski definition) is 0. The topological polar surface area (TPSA) is 9.72 Å². The zero-order valence-electron chi connectivity index (χ0n) is 42.8. The smallest absolute Gasteiger partial charge is 0.252 e. The Morgan fingerprint density at radius 3 is 1.63 bits per heavy atom. The standard InChI is InChI=1S/C68H58BN3Si/c1-45-26-35-54(36-27-45)73(55-37-28-46(2)29-38-55)65-25-17-14-22-56(65)57-43-62-59(44-66(57)73)69-58-23-15-16-24-61(58)71(51-20-12-9-13-21-51)63-41-53(42-64(67(63)69)72(62)60-39-30-47(3)40-48(60)4)70(50-18-10-8-11-19-50)52-33-31-49(32-34-52)68(5,6)7/h8-44H,1-7H3. The van der Waals surface area contributed by atoms with E-state index in [1.165, 1.54) is 105 Å². The Labute approximate surface area is 432 Å². The monoisotopic (exact) mass is 955 g/mol. The van der Waals surface area contributed by atoms with Crippen LogP contribution in [-0.2, 0) is 5.41 Å². The van der Waals surface area contributed by atoms with Crippen LogP contribution in [0.2, 0.25) is 0 Å². The van der Waals surface area contributed by atoms with Gasteiger partial charge in [0.05, 0.1) is 5.69 Å². The summed E-state index contributed by atoms with van der Waals surface area (Å²) in [7, 11) is -2.89. The second kappa shape index (κ2) is 17.0. The largest absolute Gasteiger partial charge is 0.311 e. The van der Waals surface area contributed by atoms with Crippen LogP contribution in [0.4, 0.5) is 51.2 Å². The van der Waals surface area contributed by atoms with Gasteiger partial charge < -0.3 is 14.7 Å². The predicted octanol–water partition coefficient (Wildman–Crippen LogP) is 13.1. The first-order valence-electron chi connectivity index (χ1n) is 25.9. The Kier molecular flexibility index (Phi) is 10.4. The van der Waals surface area contributed by atoms with Crippen LogP contribution in [0.5, 0.6) is 0 Å². The van der Waals surface area contributed by atoms with Crippen molar-refractivity contribution in [1.29, 1.82) is 0 Å². The van der Waals surface area contributed by atoms with E-state index in [1.807, 2.05) is 0 Å². The second-order valence-electron chi connectivity index (χ2n) is 21.6. The molecule has 10 aromatic rings. The average Bonchev–Trinajstić information content (AvgIpc) is 3.69. The number of anilines is 9. The molecule has 3 heterocycles. The lowest BCUT2D eigenvalue weighted by Gasteiger charge is -2.45. The van der Waals surface area contributed by atoms with Gasteiger partial charge in [-0.2, -0.15) is 0 Å². The summed E-state index contributed by atoms with van der Waals surface area (Å²) >= 11 is 0. The van der Waals surface area contributed by atoms with E-state index in [4.69, 9.17) is 0 Å². The molecule has 13 rings (SSSR count). The minimum Gasteiger partial charge on any atom is -0.311 e. The molecule has 0 radical (unpaired) electrons. The molecule has 10 aromatic carbocycles. The van der Waals surface area contributed by atoms with Crippen LogP contribution in [-0.4, -0.2) is 14.8 Å². The quantitative estimate of drug-likeness (QED) is 0.147. The Morgan fingerprint density at radius 2 is 0.973 bits per heavy atom. The fourth-order valence-corrected chi connectivity index (χ4v) is 17.7. The van der Waals surface area contributed by atoms with Crippen molar-refractivity contribution in [2.45, 2.75) is 53.9 Å². The summed E-state index contributed by atoms with van der Waals surface area (Å²) in [6.07, 6.45) is 0. The van der Waals surface area contributed by atoms with Gasteiger partial charge in [0.1, 0.15) is 0 Å². The van der Waals surface area contributed by atoms with Crippen molar-refractivity contribution >= 4 is 103 Å². The molecular formula is C68H58BN3Si. The number of rotatable bonds is 7. The van der Waals surface area contributed by atoms with Gasteiger partial charge in [-0.05, 0) is 159 Å². The number of para-hydroxylation sites is 3. The molecule has 0 atom stereocenters. The minimum atomic E-state index is -2.89. The Hall–Kier alpha value is -8.12. The van der Waals surface area contributed by atoms with Crippen molar-refractivity contribution < 1.29 is 0 Å². The third-order valence-electron chi connectivity index (χ3n) is 16.0. The predicted molar refractivity (Wildman–Crippen MR) is 315 cm³/mol. The maximum absolute atomic E-state index is 2.89. The maximum atomic E-state index is 2.69. The van der Waals surface area contributed by atoms with Gasteiger partial charge in [0, 0.05) is 45.5 Å². The number of nitrogens with zero attached hydrogens (tertiary/aromatic N) is 3. The fraction of sp³-hybridized carbons (Fsp3) is 0.118. The molecule has 0 N–H and O–H groups in total. The van der Waals surface area contributed by atoms with Crippen LogP contribution < -0.4 is 51.8 Å². The molecule has 3 nitrogen and oxygen atoms in total. The number of hydrogen-bond acceptors (Lipinski definition) is 3. The van der Waals surface area contributed by atoms with Crippen molar-refractivity contribution in [3.8, 4) is 11.1 Å². The highest BCUT2D eigenvalue weighted by molar-refractivity contribution is 7.22. The molecule has 0 spiro atoms. The zero-order chi connectivity index (χ0) is 49.8. The molecule has 0 fully saturated rings. The zero-order valence-corrected chi connectivity index (χ0v) is 43.8. The van der Waals surface area contributed by atoms with Crippen molar-refractivity contribution in [2.75, 3.05) is 14.7 Å². The summed E-state index contributed by atoms with van der Waals surface area (Å²) in [6.45, 7) is 15.7. The van der Waals surface area contributed by atoms with Gasteiger partial charge >= 0.3 is 0 Å². The number of benzene rings is 10. The molecule has 0 amide bonds. The van der Waals surface area contributed by atoms with Crippen LogP contribution >= 0.6 is 0 Å². The molecule has 0 aromatic heterocycles. The van der Waals surface area contributed by atoms with Crippen molar-refractivity contribution in [2.24, 2.45) is 0 Å². The summed E-state index contributed by atoms with van der Waals surface area (Å²) < 4.78 is 0. The van der Waals surface area contributed by atoms with Crippen LogP contribution in [0.15, 0.2) is 224 Å². The van der Waals surface area contributed by atoms with Crippen LogP contribution in [0.3, 0.4) is 0 Å². The molecule has 0 bridgehead atoms. The van der Waals surface area contributed by atoms with Crippen molar-refractivity contribution in [3.05, 3.63) is 252 Å². The van der Waals surface area contributed by atoms with Gasteiger partial charge in [-0.15, -0.1) is 0 Å². The SMILES string of the molecule is Cc1ccc([Si]2(c3ccc(C)cc3)c3ccccc3-c3cc4c(cc32)B2c3ccccc3N(c3ccccc3)c3cc(N(c5ccccc5)c5ccc(C(C)(C)C)cc5)cc(c32)N4c2ccc(C)cc2C)cc1. The normalized spacial score (nSPS) is 13.7. The molecule has 0 aliphatic carbocycles. The number of aryl methyl sites for hydroxylation is 4. The first-order chi connectivity index (χ1) is 35.5. The van der Waals surface area contributed by atoms with Crippen molar-refractivity contribution in [1.82, 2.24) is 0 Å². The summed E-state index contributed by atoms with van der Waals surface area (Å²) in [5.74, 6) is 0. The minimum absolute atomic E-state index is 0.0214. The van der Waals surface area contributed by atoms with Gasteiger partial charge in [0.2, 0.25) is 0 Å². The Bertz CT molecular complexity index is 3720. The van der Waals surface area contributed by atoms with E-state index in [0.717, 1.165) is 22.7 Å². The van der Waals surface area contributed by atoms with Gasteiger partial charge in [0.25, 0.3) is 6.71 Å². The second-order valence-corrected chi connectivity index (χ2v) is 25.4. The van der Waals surface area contributed by atoms with Gasteiger partial charge in [-0.25, -0.2) is 0 Å². The summed E-state index contributed by atoms with van der Waals surface area (Å²) in [6, 6.07) is 86.0. The van der Waals surface area contributed by atoms with E-state index in [0.29, 0.717) is 0 Å². The van der Waals surface area contributed by atoms with Gasteiger partial charge in [-0.1, -0.05) is 195 Å². The Morgan fingerprint density at radius 1 is 0.397 bits per heavy atom. The van der Waals surface area contributed by atoms with Crippen molar-refractivity contribution in [3.63, 3.8) is 0 Å². The van der Waals surface area contributed by atoms with Crippen LogP contribution in [0.1, 0.15) is 48.6 Å².